The average Bonchev–Trinajstić information content (AvgIpc) is 2.72. The average molecular weight is 327 g/mol. The van der Waals surface area contributed by atoms with Crippen molar-refractivity contribution in [1.29, 1.82) is 0 Å². The van der Waals surface area contributed by atoms with Crippen LogP contribution in [-0.4, -0.2) is 9.97 Å². The van der Waals surface area contributed by atoms with E-state index in [9.17, 15) is 13.2 Å². The molecule has 1 N–H and O–H groups in total. The van der Waals surface area contributed by atoms with Crippen molar-refractivity contribution in [1.82, 2.24) is 9.97 Å². The van der Waals surface area contributed by atoms with Gasteiger partial charge in [0.25, 0.3) is 0 Å². The molecule has 3 rings (SSSR count). The lowest BCUT2D eigenvalue weighted by molar-refractivity contribution is 0.588. The van der Waals surface area contributed by atoms with Gasteiger partial charge in [-0.15, -0.1) is 0 Å². The van der Waals surface area contributed by atoms with E-state index in [0.29, 0.717) is 11.0 Å². The largest absolute Gasteiger partial charge is 0.338 e. The Balaban J connectivity index is 2.26. The fourth-order valence-corrected chi connectivity index (χ4v) is 2.18. The maximum atomic E-state index is 13.6. The Kier molecular flexibility index (Phi) is 2.82. The molecule has 0 radical (unpaired) electrons. The topological polar surface area (TPSA) is 28.7 Å². The predicted octanol–water partition coefficient (Wildman–Crippen LogP) is 4.41. The van der Waals surface area contributed by atoms with Crippen molar-refractivity contribution < 1.29 is 13.2 Å². The van der Waals surface area contributed by atoms with E-state index in [1.165, 1.54) is 18.2 Å². The summed E-state index contributed by atoms with van der Waals surface area (Å²) in [5.41, 5.74) is 0.541. The molecule has 6 heteroatoms. The van der Waals surface area contributed by atoms with Crippen LogP contribution in [0.1, 0.15) is 0 Å². The van der Waals surface area contributed by atoms with Gasteiger partial charge >= 0.3 is 0 Å². The molecular weight excluding hydrogens is 321 g/mol. The highest BCUT2D eigenvalue weighted by Crippen LogP contribution is 2.28. The number of H-pyrrole nitrogens is 1. The third-order valence-corrected chi connectivity index (χ3v) is 3.33. The van der Waals surface area contributed by atoms with Crippen molar-refractivity contribution in [2.75, 3.05) is 0 Å². The number of halogens is 4. The molecule has 0 saturated carbocycles. The molecule has 1 heterocycles. The quantitative estimate of drug-likeness (QED) is 0.705. The van der Waals surface area contributed by atoms with Gasteiger partial charge in [-0.1, -0.05) is 6.07 Å². The number of aromatic amines is 1. The first-order valence-corrected chi connectivity index (χ1v) is 6.14. The number of nitrogens with one attached hydrogen (secondary N) is 1. The van der Waals surface area contributed by atoms with E-state index in [0.717, 1.165) is 12.1 Å². The zero-order valence-corrected chi connectivity index (χ0v) is 10.9. The number of benzene rings is 2. The molecule has 0 fully saturated rings. The molecule has 0 bridgehead atoms. The molecule has 0 spiro atoms. The molecule has 0 amide bonds. The minimum absolute atomic E-state index is 0.0306. The highest BCUT2D eigenvalue weighted by molar-refractivity contribution is 9.10. The number of rotatable bonds is 1. The highest BCUT2D eigenvalue weighted by Gasteiger charge is 2.15. The van der Waals surface area contributed by atoms with Gasteiger partial charge in [0.2, 0.25) is 0 Å². The summed E-state index contributed by atoms with van der Waals surface area (Å²) in [6.07, 6.45) is 0. The molecule has 19 heavy (non-hydrogen) atoms. The molecule has 0 saturated heterocycles. The molecule has 3 aromatic rings. The number of hydrogen-bond acceptors (Lipinski definition) is 1. The van der Waals surface area contributed by atoms with Gasteiger partial charge in [-0.05, 0) is 34.1 Å². The molecule has 2 aromatic carbocycles. The minimum atomic E-state index is -0.724. The van der Waals surface area contributed by atoms with Crippen LogP contribution in [0.25, 0.3) is 22.4 Å². The van der Waals surface area contributed by atoms with Crippen molar-refractivity contribution in [3.05, 3.63) is 52.3 Å². The predicted molar refractivity (Wildman–Crippen MR) is 69.1 cm³/mol. The van der Waals surface area contributed by atoms with Crippen molar-refractivity contribution in [3.8, 4) is 11.4 Å². The van der Waals surface area contributed by atoms with Crippen molar-refractivity contribution >= 4 is 27.0 Å². The van der Waals surface area contributed by atoms with Crippen LogP contribution in [0, 0.1) is 17.5 Å². The Morgan fingerprint density at radius 1 is 1.00 bits per heavy atom. The summed E-state index contributed by atoms with van der Waals surface area (Å²) < 4.78 is 40.9. The lowest BCUT2D eigenvalue weighted by atomic mass is 10.2. The monoisotopic (exact) mass is 326 g/mol. The van der Waals surface area contributed by atoms with Crippen LogP contribution < -0.4 is 0 Å². The van der Waals surface area contributed by atoms with Crippen molar-refractivity contribution in [2.45, 2.75) is 0 Å². The Hall–Kier alpha value is -1.82. The summed E-state index contributed by atoms with van der Waals surface area (Å²) in [4.78, 5) is 6.78. The van der Waals surface area contributed by atoms with Crippen LogP contribution in [0.5, 0.6) is 0 Å². The Labute approximate surface area is 114 Å². The molecule has 0 aliphatic heterocycles. The summed E-state index contributed by atoms with van der Waals surface area (Å²) in [6.45, 7) is 0. The maximum Gasteiger partial charge on any atom is 0.144 e. The molecule has 0 aliphatic carbocycles. The molecular formula is C13H6BrF3N2. The lowest BCUT2D eigenvalue weighted by Gasteiger charge is -2.00. The van der Waals surface area contributed by atoms with Gasteiger partial charge in [0.05, 0.1) is 21.1 Å². The van der Waals surface area contributed by atoms with E-state index in [1.54, 1.807) is 0 Å². The van der Waals surface area contributed by atoms with Gasteiger partial charge in [-0.3, -0.25) is 0 Å². The Morgan fingerprint density at radius 2 is 1.68 bits per heavy atom. The van der Waals surface area contributed by atoms with Crippen LogP contribution >= 0.6 is 15.9 Å². The number of fused-ring (bicyclic) bond motifs is 1. The van der Waals surface area contributed by atoms with Gasteiger partial charge in [0.1, 0.15) is 23.3 Å². The van der Waals surface area contributed by atoms with E-state index < -0.39 is 17.5 Å². The van der Waals surface area contributed by atoms with E-state index in [1.807, 2.05) is 0 Å². The zero-order chi connectivity index (χ0) is 13.6. The first-order valence-electron chi connectivity index (χ1n) is 5.35. The fourth-order valence-electron chi connectivity index (χ4n) is 1.85. The van der Waals surface area contributed by atoms with Gasteiger partial charge in [-0.25, -0.2) is 18.2 Å². The summed E-state index contributed by atoms with van der Waals surface area (Å²) in [6, 6.07) is 6.22. The normalized spacial score (nSPS) is 11.2. The first-order chi connectivity index (χ1) is 9.06. The molecule has 0 aliphatic rings. The standard InChI is InChI=1S/C13H6BrF3N2/c14-6-4-10-11(5-9(6)17)19-13(18-10)12-7(15)2-1-3-8(12)16/h1-5H,(H,18,19). The lowest BCUT2D eigenvalue weighted by Crippen LogP contribution is -1.90. The van der Waals surface area contributed by atoms with Crippen LogP contribution in [0.3, 0.4) is 0 Å². The molecule has 1 aromatic heterocycles. The number of imidazole rings is 1. The van der Waals surface area contributed by atoms with E-state index >= 15 is 0 Å². The molecule has 96 valence electrons. The van der Waals surface area contributed by atoms with Gasteiger partial charge in [0.15, 0.2) is 0 Å². The van der Waals surface area contributed by atoms with Crippen LogP contribution in [0.2, 0.25) is 0 Å². The van der Waals surface area contributed by atoms with Crippen LogP contribution in [-0.2, 0) is 0 Å². The first kappa shape index (κ1) is 12.2. The van der Waals surface area contributed by atoms with Crippen LogP contribution in [0.4, 0.5) is 13.2 Å². The second-order valence-corrected chi connectivity index (χ2v) is 4.82. The van der Waals surface area contributed by atoms with Gasteiger partial charge in [-0.2, -0.15) is 0 Å². The molecule has 0 unspecified atom stereocenters. The fraction of sp³-hybridized carbons (Fsp3) is 0. The maximum absolute atomic E-state index is 13.6. The second-order valence-electron chi connectivity index (χ2n) is 3.97. The van der Waals surface area contributed by atoms with Gasteiger partial charge in [0, 0.05) is 6.07 Å². The van der Waals surface area contributed by atoms with E-state index in [2.05, 4.69) is 25.9 Å². The number of aromatic nitrogens is 2. The summed E-state index contributed by atoms with van der Waals surface area (Å²) in [5, 5.41) is 0. The SMILES string of the molecule is Fc1cc2[nH]c(-c3c(F)cccc3F)nc2cc1Br. The highest BCUT2D eigenvalue weighted by atomic mass is 79.9. The smallest absolute Gasteiger partial charge is 0.144 e. The Morgan fingerprint density at radius 3 is 2.37 bits per heavy atom. The summed E-state index contributed by atoms with van der Waals surface area (Å²) in [7, 11) is 0. The summed E-state index contributed by atoms with van der Waals surface area (Å²) in [5.74, 6) is -1.89. The third kappa shape index (κ3) is 2.02. The third-order valence-electron chi connectivity index (χ3n) is 2.72. The zero-order valence-electron chi connectivity index (χ0n) is 9.35. The molecule has 0 atom stereocenters. The molecule has 2 nitrogen and oxygen atoms in total. The summed E-state index contributed by atoms with van der Waals surface area (Å²) >= 11 is 3.03. The number of nitrogens with zero attached hydrogens (tertiary/aromatic N) is 1. The number of hydrogen-bond donors (Lipinski definition) is 1. The van der Waals surface area contributed by atoms with E-state index in [4.69, 9.17) is 0 Å². The second kappa shape index (κ2) is 4.38. The minimum Gasteiger partial charge on any atom is -0.338 e. The Bertz CT molecular complexity index is 724. The van der Waals surface area contributed by atoms with Crippen molar-refractivity contribution in [2.24, 2.45) is 0 Å². The van der Waals surface area contributed by atoms with Gasteiger partial charge < -0.3 is 4.98 Å². The van der Waals surface area contributed by atoms with Crippen LogP contribution in [0.15, 0.2) is 34.8 Å². The van der Waals surface area contributed by atoms with Crippen molar-refractivity contribution in [3.63, 3.8) is 0 Å². The van der Waals surface area contributed by atoms with E-state index in [-0.39, 0.29) is 15.9 Å².